The van der Waals surface area contributed by atoms with Gasteiger partial charge in [0.05, 0.1) is 25.0 Å². The van der Waals surface area contributed by atoms with E-state index < -0.39 is 6.10 Å². The van der Waals surface area contributed by atoms with Crippen molar-refractivity contribution in [2.75, 3.05) is 13.2 Å². The molecule has 2 aromatic rings. The van der Waals surface area contributed by atoms with Crippen molar-refractivity contribution in [2.45, 2.75) is 26.2 Å². The summed E-state index contributed by atoms with van der Waals surface area (Å²) in [6, 6.07) is 13.9. The molecule has 1 unspecified atom stereocenters. The van der Waals surface area contributed by atoms with Gasteiger partial charge >= 0.3 is 0 Å². The van der Waals surface area contributed by atoms with E-state index in [-0.39, 0.29) is 0 Å². The second kappa shape index (κ2) is 8.52. The molecule has 2 rings (SSSR count). The Balaban J connectivity index is 1.62. The first-order valence-corrected chi connectivity index (χ1v) is 7.16. The van der Waals surface area contributed by atoms with Crippen LogP contribution in [0.1, 0.15) is 16.8 Å². The summed E-state index contributed by atoms with van der Waals surface area (Å²) >= 11 is 0. The van der Waals surface area contributed by atoms with Crippen molar-refractivity contribution in [3.8, 4) is 0 Å². The number of nitrogens with one attached hydrogen (secondary N) is 1. The Hall–Kier alpha value is -1.75. The van der Waals surface area contributed by atoms with Crippen molar-refractivity contribution in [2.24, 2.45) is 0 Å². The van der Waals surface area contributed by atoms with Gasteiger partial charge < -0.3 is 15.2 Å². The van der Waals surface area contributed by atoms with Crippen LogP contribution in [0.25, 0.3) is 0 Å². The average Bonchev–Trinajstić information content (AvgIpc) is 2.50. The molecule has 21 heavy (non-hydrogen) atoms. The van der Waals surface area contributed by atoms with E-state index in [1.54, 1.807) is 6.20 Å². The monoisotopic (exact) mass is 286 g/mol. The summed E-state index contributed by atoms with van der Waals surface area (Å²) in [4.78, 5) is 4.30. The second-order valence-corrected chi connectivity index (χ2v) is 5.05. The largest absolute Gasteiger partial charge is 0.389 e. The van der Waals surface area contributed by atoms with Gasteiger partial charge in [-0.1, -0.05) is 36.4 Å². The van der Waals surface area contributed by atoms with Gasteiger partial charge in [-0.3, -0.25) is 4.98 Å². The molecule has 112 valence electrons. The maximum Gasteiger partial charge on any atom is 0.0897 e. The summed E-state index contributed by atoms with van der Waals surface area (Å²) < 4.78 is 5.50. The van der Waals surface area contributed by atoms with Crippen LogP contribution >= 0.6 is 0 Å². The summed E-state index contributed by atoms with van der Waals surface area (Å²) in [6.45, 7) is 4.02. The first kappa shape index (κ1) is 15.6. The van der Waals surface area contributed by atoms with Crippen molar-refractivity contribution in [3.05, 3.63) is 65.5 Å². The zero-order valence-electron chi connectivity index (χ0n) is 12.3. The van der Waals surface area contributed by atoms with Gasteiger partial charge in [0.2, 0.25) is 0 Å². The number of hydrogen-bond donors (Lipinski definition) is 2. The molecule has 2 N–H and O–H groups in total. The van der Waals surface area contributed by atoms with E-state index in [1.165, 1.54) is 0 Å². The molecular formula is C17H22N2O2. The van der Waals surface area contributed by atoms with Gasteiger partial charge in [-0.25, -0.2) is 0 Å². The van der Waals surface area contributed by atoms with Gasteiger partial charge in [-0.2, -0.15) is 0 Å². The van der Waals surface area contributed by atoms with Gasteiger partial charge in [0.15, 0.2) is 0 Å². The fourth-order valence-corrected chi connectivity index (χ4v) is 2.01. The summed E-state index contributed by atoms with van der Waals surface area (Å²) in [5.74, 6) is 0. The third-order valence-corrected chi connectivity index (χ3v) is 3.21. The van der Waals surface area contributed by atoms with Crippen LogP contribution in [0.3, 0.4) is 0 Å². The number of nitrogens with zero attached hydrogens (tertiary/aromatic N) is 1. The number of aromatic nitrogens is 1. The Kier molecular flexibility index (Phi) is 6.34. The standard InChI is InChI=1S/C17H22N2O2/c1-14-6-5-9-19-17(14)11-18-10-16(20)13-21-12-15-7-3-2-4-8-15/h2-9,16,18,20H,10-13H2,1H3. The number of hydrogen-bond acceptors (Lipinski definition) is 4. The SMILES string of the molecule is Cc1cccnc1CNCC(O)COCc1ccccc1. The number of pyridine rings is 1. The Morgan fingerprint density at radius 1 is 1.19 bits per heavy atom. The number of aliphatic hydroxyl groups is 1. The molecule has 0 bridgehead atoms. The van der Waals surface area contributed by atoms with E-state index in [9.17, 15) is 5.11 Å². The molecule has 0 fully saturated rings. The number of aliphatic hydroxyl groups excluding tert-OH is 1. The predicted molar refractivity (Wildman–Crippen MR) is 82.8 cm³/mol. The number of aryl methyl sites for hydroxylation is 1. The van der Waals surface area contributed by atoms with Crippen LogP contribution in [-0.4, -0.2) is 29.3 Å². The van der Waals surface area contributed by atoms with Gasteiger partial charge in [0.1, 0.15) is 0 Å². The molecule has 0 aliphatic rings. The number of benzene rings is 1. The van der Waals surface area contributed by atoms with E-state index in [4.69, 9.17) is 4.74 Å². The van der Waals surface area contributed by atoms with Crippen molar-refractivity contribution in [3.63, 3.8) is 0 Å². The third kappa shape index (κ3) is 5.63. The van der Waals surface area contributed by atoms with Crippen LogP contribution in [0.5, 0.6) is 0 Å². The van der Waals surface area contributed by atoms with Crippen LogP contribution in [0, 0.1) is 6.92 Å². The van der Waals surface area contributed by atoms with Gasteiger partial charge in [0, 0.05) is 19.3 Å². The van der Waals surface area contributed by atoms with Crippen molar-refractivity contribution in [1.29, 1.82) is 0 Å². The second-order valence-electron chi connectivity index (χ2n) is 5.05. The fraction of sp³-hybridized carbons (Fsp3) is 0.353. The van der Waals surface area contributed by atoms with Gasteiger partial charge in [0.25, 0.3) is 0 Å². The highest BCUT2D eigenvalue weighted by Crippen LogP contribution is 2.03. The van der Waals surface area contributed by atoms with Crippen molar-refractivity contribution < 1.29 is 9.84 Å². The Labute approximate surface area is 125 Å². The zero-order valence-corrected chi connectivity index (χ0v) is 12.3. The molecule has 0 radical (unpaired) electrons. The fourth-order valence-electron chi connectivity index (χ4n) is 2.01. The molecule has 0 aliphatic carbocycles. The zero-order chi connectivity index (χ0) is 14.9. The summed E-state index contributed by atoms with van der Waals surface area (Å²) in [5.41, 5.74) is 3.27. The number of rotatable bonds is 8. The van der Waals surface area contributed by atoms with Crippen LogP contribution in [0.15, 0.2) is 48.7 Å². The molecule has 0 spiro atoms. The summed E-state index contributed by atoms with van der Waals surface area (Å²) in [7, 11) is 0. The van der Waals surface area contributed by atoms with E-state index in [0.29, 0.717) is 26.3 Å². The highest BCUT2D eigenvalue weighted by atomic mass is 16.5. The normalized spacial score (nSPS) is 12.3. The highest BCUT2D eigenvalue weighted by Gasteiger charge is 2.05. The Morgan fingerprint density at radius 3 is 2.76 bits per heavy atom. The predicted octanol–water partition coefficient (Wildman–Crippen LogP) is 2.06. The van der Waals surface area contributed by atoms with Crippen LogP contribution in [0.4, 0.5) is 0 Å². The minimum Gasteiger partial charge on any atom is -0.389 e. The molecule has 0 amide bonds. The molecule has 1 heterocycles. The minimum atomic E-state index is -0.516. The highest BCUT2D eigenvalue weighted by molar-refractivity contribution is 5.17. The summed E-state index contributed by atoms with van der Waals surface area (Å²) in [5, 5.41) is 13.1. The molecule has 1 atom stereocenters. The molecule has 4 nitrogen and oxygen atoms in total. The van der Waals surface area contributed by atoms with E-state index in [0.717, 1.165) is 16.8 Å². The van der Waals surface area contributed by atoms with Crippen molar-refractivity contribution >= 4 is 0 Å². The van der Waals surface area contributed by atoms with Crippen LogP contribution in [-0.2, 0) is 17.9 Å². The lowest BCUT2D eigenvalue weighted by Gasteiger charge is -2.13. The lowest BCUT2D eigenvalue weighted by Crippen LogP contribution is -2.30. The molecule has 1 aromatic carbocycles. The first-order valence-electron chi connectivity index (χ1n) is 7.16. The smallest absolute Gasteiger partial charge is 0.0897 e. The molecule has 4 heteroatoms. The lowest BCUT2D eigenvalue weighted by atomic mass is 10.2. The molecule has 0 saturated carbocycles. The molecule has 0 saturated heterocycles. The lowest BCUT2D eigenvalue weighted by molar-refractivity contribution is 0.0287. The molecule has 0 aliphatic heterocycles. The molecule has 1 aromatic heterocycles. The number of ether oxygens (including phenoxy) is 1. The van der Waals surface area contributed by atoms with Crippen LogP contribution in [0.2, 0.25) is 0 Å². The Bertz CT molecular complexity index is 531. The van der Waals surface area contributed by atoms with Gasteiger partial charge in [-0.05, 0) is 24.1 Å². The van der Waals surface area contributed by atoms with Crippen LogP contribution < -0.4 is 5.32 Å². The van der Waals surface area contributed by atoms with Gasteiger partial charge in [-0.15, -0.1) is 0 Å². The maximum absolute atomic E-state index is 9.87. The minimum absolute atomic E-state index is 0.323. The average molecular weight is 286 g/mol. The van der Waals surface area contributed by atoms with E-state index in [1.807, 2.05) is 49.4 Å². The third-order valence-electron chi connectivity index (χ3n) is 3.21. The molecular weight excluding hydrogens is 264 g/mol. The topological polar surface area (TPSA) is 54.4 Å². The maximum atomic E-state index is 9.87. The summed E-state index contributed by atoms with van der Waals surface area (Å²) in [6.07, 6.45) is 1.27. The van der Waals surface area contributed by atoms with Crippen molar-refractivity contribution in [1.82, 2.24) is 10.3 Å². The Morgan fingerprint density at radius 2 is 2.00 bits per heavy atom. The van der Waals surface area contributed by atoms with E-state index >= 15 is 0 Å². The van der Waals surface area contributed by atoms with E-state index in [2.05, 4.69) is 10.3 Å². The first-order chi connectivity index (χ1) is 10.3. The quantitative estimate of drug-likeness (QED) is 0.780.